The zero-order valence-electron chi connectivity index (χ0n) is 12.7. The number of nitrogens with one attached hydrogen (secondary N) is 2. The summed E-state index contributed by atoms with van der Waals surface area (Å²) in [6.45, 7) is 8.10. The molecule has 3 nitrogen and oxygen atoms in total. The van der Waals surface area contributed by atoms with Crippen molar-refractivity contribution in [1.82, 2.24) is 10.6 Å². The van der Waals surface area contributed by atoms with Gasteiger partial charge in [-0.05, 0) is 68.9 Å². The molecule has 2 rings (SSSR count). The lowest BCUT2D eigenvalue weighted by Crippen LogP contribution is -2.21. The first-order valence-electron chi connectivity index (χ1n) is 7.47. The number of benzene rings is 1. The number of rotatable bonds is 8. The van der Waals surface area contributed by atoms with Gasteiger partial charge < -0.3 is 15.1 Å². The highest BCUT2D eigenvalue weighted by Crippen LogP contribution is 2.27. The summed E-state index contributed by atoms with van der Waals surface area (Å²) >= 11 is 3.49. The van der Waals surface area contributed by atoms with Crippen LogP contribution in [0.5, 0.6) is 0 Å². The molecule has 114 valence electrons. The van der Waals surface area contributed by atoms with E-state index in [1.54, 1.807) is 0 Å². The van der Waals surface area contributed by atoms with Crippen molar-refractivity contribution in [2.45, 2.75) is 26.8 Å². The van der Waals surface area contributed by atoms with E-state index in [-0.39, 0.29) is 0 Å². The summed E-state index contributed by atoms with van der Waals surface area (Å²) in [6, 6.07) is 10.3. The second-order valence-corrected chi connectivity index (χ2v) is 6.02. The molecule has 21 heavy (non-hydrogen) atoms. The fourth-order valence-electron chi connectivity index (χ4n) is 2.25. The molecule has 0 radical (unpaired) electrons. The molecule has 0 spiro atoms. The molecule has 0 aliphatic rings. The van der Waals surface area contributed by atoms with E-state index in [4.69, 9.17) is 4.42 Å². The van der Waals surface area contributed by atoms with Crippen LogP contribution in [0.1, 0.15) is 24.7 Å². The van der Waals surface area contributed by atoms with Crippen LogP contribution in [0.4, 0.5) is 0 Å². The molecule has 0 fully saturated rings. The summed E-state index contributed by atoms with van der Waals surface area (Å²) in [7, 11) is 0. The van der Waals surface area contributed by atoms with Gasteiger partial charge in [0.15, 0.2) is 0 Å². The largest absolute Gasteiger partial charge is 0.460 e. The van der Waals surface area contributed by atoms with Crippen molar-refractivity contribution in [3.63, 3.8) is 0 Å². The first-order valence-corrected chi connectivity index (χ1v) is 8.26. The van der Waals surface area contributed by atoms with Crippen molar-refractivity contribution in [1.29, 1.82) is 0 Å². The Balaban J connectivity index is 1.86. The second-order valence-electron chi connectivity index (χ2n) is 5.11. The molecule has 0 saturated carbocycles. The lowest BCUT2D eigenvalue weighted by Gasteiger charge is -2.04. The van der Waals surface area contributed by atoms with Crippen LogP contribution in [0.2, 0.25) is 0 Å². The van der Waals surface area contributed by atoms with Crippen molar-refractivity contribution in [2.24, 2.45) is 0 Å². The zero-order valence-corrected chi connectivity index (χ0v) is 14.3. The lowest BCUT2D eigenvalue weighted by molar-refractivity contribution is 0.488. The monoisotopic (exact) mass is 350 g/mol. The Hall–Kier alpha value is -1.10. The lowest BCUT2D eigenvalue weighted by atomic mass is 10.1. The minimum Gasteiger partial charge on any atom is -0.460 e. The fourth-order valence-corrected chi connectivity index (χ4v) is 2.72. The molecule has 0 aliphatic carbocycles. The van der Waals surface area contributed by atoms with Crippen LogP contribution >= 0.6 is 15.9 Å². The maximum absolute atomic E-state index is 5.92. The molecule has 0 atom stereocenters. The van der Waals surface area contributed by atoms with E-state index in [0.29, 0.717) is 0 Å². The van der Waals surface area contributed by atoms with Crippen molar-refractivity contribution in [2.75, 3.05) is 19.6 Å². The minimum atomic E-state index is 0.779. The first kappa shape index (κ1) is 16.3. The summed E-state index contributed by atoms with van der Waals surface area (Å²) in [6.07, 6.45) is 1.13. The maximum Gasteiger partial charge on any atom is 0.134 e. The van der Waals surface area contributed by atoms with Crippen LogP contribution in [0.25, 0.3) is 11.3 Å². The molecule has 0 saturated heterocycles. The Kier molecular flexibility index (Phi) is 6.49. The standard InChI is InChI=1S/C17H23BrN2O/c1-3-19-9-4-10-20-12-15-6-8-17(21-15)16-7-5-14(18)11-13(16)2/h5-8,11,19-20H,3-4,9-10,12H2,1-2H3. The van der Waals surface area contributed by atoms with Crippen molar-refractivity contribution < 1.29 is 4.42 Å². The smallest absolute Gasteiger partial charge is 0.134 e. The van der Waals surface area contributed by atoms with E-state index in [9.17, 15) is 0 Å². The highest BCUT2D eigenvalue weighted by molar-refractivity contribution is 9.10. The molecule has 2 N–H and O–H groups in total. The quantitative estimate of drug-likeness (QED) is 0.703. The molecular formula is C17H23BrN2O. The van der Waals surface area contributed by atoms with Crippen LogP contribution in [0.15, 0.2) is 39.2 Å². The van der Waals surface area contributed by atoms with Crippen molar-refractivity contribution in [3.8, 4) is 11.3 Å². The average Bonchev–Trinajstić information content (AvgIpc) is 2.91. The molecule has 1 aromatic heterocycles. The summed E-state index contributed by atoms with van der Waals surface area (Å²) in [5, 5.41) is 6.72. The Labute approximate surface area is 135 Å². The first-order chi connectivity index (χ1) is 10.2. The van der Waals surface area contributed by atoms with E-state index >= 15 is 0 Å². The maximum atomic E-state index is 5.92. The minimum absolute atomic E-state index is 0.779. The van der Waals surface area contributed by atoms with E-state index < -0.39 is 0 Å². The summed E-state index contributed by atoms with van der Waals surface area (Å²) < 4.78 is 7.02. The molecule has 0 aliphatic heterocycles. The number of furan rings is 1. The number of aryl methyl sites for hydroxylation is 1. The Bertz CT molecular complexity index is 566. The van der Waals surface area contributed by atoms with E-state index in [0.717, 1.165) is 54.2 Å². The molecule has 0 amide bonds. The molecule has 1 aromatic carbocycles. The van der Waals surface area contributed by atoms with Crippen molar-refractivity contribution >= 4 is 15.9 Å². The van der Waals surface area contributed by atoms with Gasteiger partial charge >= 0.3 is 0 Å². The topological polar surface area (TPSA) is 37.2 Å². The highest BCUT2D eigenvalue weighted by Gasteiger charge is 2.07. The van der Waals surface area contributed by atoms with Gasteiger partial charge in [0, 0.05) is 10.0 Å². The molecule has 0 bridgehead atoms. The van der Waals surface area contributed by atoms with E-state index in [1.165, 1.54) is 5.56 Å². The van der Waals surface area contributed by atoms with Crippen LogP contribution in [-0.2, 0) is 6.54 Å². The Morgan fingerprint density at radius 2 is 1.90 bits per heavy atom. The van der Waals surface area contributed by atoms with Crippen LogP contribution in [-0.4, -0.2) is 19.6 Å². The third-order valence-electron chi connectivity index (χ3n) is 3.37. The molecule has 4 heteroatoms. The van der Waals surface area contributed by atoms with Gasteiger partial charge in [-0.3, -0.25) is 0 Å². The predicted octanol–water partition coefficient (Wildman–Crippen LogP) is 4.11. The molecule has 0 unspecified atom stereocenters. The van der Waals surface area contributed by atoms with Crippen LogP contribution in [0, 0.1) is 6.92 Å². The summed E-state index contributed by atoms with van der Waals surface area (Å²) in [4.78, 5) is 0. The molecule has 2 aromatic rings. The number of hydrogen-bond acceptors (Lipinski definition) is 3. The van der Waals surface area contributed by atoms with Gasteiger partial charge in [-0.15, -0.1) is 0 Å². The van der Waals surface area contributed by atoms with E-state index in [1.807, 2.05) is 18.2 Å². The number of halogens is 1. The second kappa shape index (κ2) is 8.37. The Morgan fingerprint density at radius 1 is 1.10 bits per heavy atom. The summed E-state index contributed by atoms with van der Waals surface area (Å²) in [5.74, 6) is 1.92. The molecule has 1 heterocycles. The number of hydrogen-bond donors (Lipinski definition) is 2. The Morgan fingerprint density at radius 3 is 2.67 bits per heavy atom. The summed E-state index contributed by atoms with van der Waals surface area (Å²) in [5.41, 5.74) is 2.36. The van der Waals surface area contributed by atoms with Gasteiger partial charge in [0.05, 0.1) is 6.54 Å². The average molecular weight is 351 g/mol. The van der Waals surface area contributed by atoms with Gasteiger partial charge in [-0.2, -0.15) is 0 Å². The third-order valence-corrected chi connectivity index (χ3v) is 3.87. The highest BCUT2D eigenvalue weighted by atomic mass is 79.9. The van der Waals surface area contributed by atoms with Gasteiger partial charge in [-0.25, -0.2) is 0 Å². The van der Waals surface area contributed by atoms with Crippen LogP contribution in [0.3, 0.4) is 0 Å². The third kappa shape index (κ3) is 4.99. The van der Waals surface area contributed by atoms with Gasteiger partial charge in [0.1, 0.15) is 11.5 Å². The molecular weight excluding hydrogens is 328 g/mol. The van der Waals surface area contributed by atoms with E-state index in [2.05, 4.69) is 52.5 Å². The fraction of sp³-hybridized carbons (Fsp3) is 0.412. The normalized spacial score (nSPS) is 11.0. The van der Waals surface area contributed by atoms with Crippen LogP contribution < -0.4 is 10.6 Å². The zero-order chi connectivity index (χ0) is 15.1. The van der Waals surface area contributed by atoms with Gasteiger partial charge in [0.2, 0.25) is 0 Å². The van der Waals surface area contributed by atoms with Gasteiger partial charge in [0.25, 0.3) is 0 Å². The van der Waals surface area contributed by atoms with Crippen molar-refractivity contribution in [3.05, 3.63) is 46.1 Å². The van der Waals surface area contributed by atoms with Gasteiger partial charge in [-0.1, -0.05) is 22.9 Å². The predicted molar refractivity (Wildman–Crippen MR) is 91.4 cm³/mol. The SMILES string of the molecule is CCNCCCNCc1ccc(-c2ccc(Br)cc2C)o1.